The number of rotatable bonds is 0. The van der Waals surface area contributed by atoms with Crippen LogP contribution >= 0.6 is 11.6 Å². The van der Waals surface area contributed by atoms with E-state index in [2.05, 4.69) is 20.2 Å². The lowest BCUT2D eigenvalue weighted by Crippen LogP contribution is -2.30. The molecule has 2 N–H and O–H groups in total. The Labute approximate surface area is 77.9 Å². The number of nitrogens with zero attached hydrogens (tertiary/aromatic N) is 4. The van der Waals surface area contributed by atoms with Crippen LogP contribution in [0.25, 0.3) is 0 Å². The van der Waals surface area contributed by atoms with Gasteiger partial charge in [0.15, 0.2) is 5.84 Å². The second kappa shape index (κ2) is 2.74. The van der Waals surface area contributed by atoms with Gasteiger partial charge in [0.1, 0.15) is 11.1 Å². The Morgan fingerprint density at radius 2 is 2.15 bits per heavy atom. The minimum atomic E-state index is -0.628. The van der Waals surface area contributed by atoms with Crippen LogP contribution in [0.5, 0.6) is 0 Å². The topological polar surface area (TPSA) is 92.5 Å². The number of amides is 1. The van der Waals surface area contributed by atoms with Gasteiger partial charge in [0.25, 0.3) is 5.91 Å². The zero-order valence-corrected chi connectivity index (χ0v) is 7.06. The van der Waals surface area contributed by atoms with Crippen LogP contribution in [0.2, 0.25) is 0 Å². The number of hydrogen-bond donors (Lipinski definition) is 1. The van der Waals surface area contributed by atoms with Gasteiger partial charge in [-0.1, -0.05) is 11.6 Å². The molecule has 0 aromatic heterocycles. The van der Waals surface area contributed by atoms with Gasteiger partial charge in [-0.2, -0.15) is 9.98 Å². The lowest BCUT2D eigenvalue weighted by atomic mass is 10.1. The summed E-state index contributed by atoms with van der Waals surface area (Å²) in [5.41, 5.74) is 5.25. The van der Waals surface area contributed by atoms with Crippen LogP contribution in [-0.2, 0) is 4.79 Å². The zero-order valence-electron chi connectivity index (χ0n) is 6.31. The van der Waals surface area contributed by atoms with Gasteiger partial charge in [-0.25, -0.2) is 0 Å². The van der Waals surface area contributed by atoms with Crippen LogP contribution in [0, 0.1) is 5.92 Å². The molecular formula is C6H4ClN5O. The van der Waals surface area contributed by atoms with Gasteiger partial charge < -0.3 is 5.73 Å². The summed E-state index contributed by atoms with van der Waals surface area (Å²) in [6.07, 6.45) is 1.44. The fourth-order valence-electron chi connectivity index (χ4n) is 1.01. The summed E-state index contributed by atoms with van der Waals surface area (Å²) >= 11 is 5.55. The van der Waals surface area contributed by atoms with E-state index in [1.54, 1.807) is 0 Å². The van der Waals surface area contributed by atoms with Crippen molar-refractivity contribution in [2.45, 2.75) is 0 Å². The van der Waals surface area contributed by atoms with Crippen LogP contribution in [0.3, 0.4) is 0 Å². The summed E-state index contributed by atoms with van der Waals surface area (Å²) in [6.45, 7) is 0. The molecule has 66 valence electrons. The maximum atomic E-state index is 11.2. The number of halogens is 1. The number of guanidine groups is 1. The minimum Gasteiger partial charge on any atom is -0.368 e. The quantitative estimate of drug-likeness (QED) is 0.570. The van der Waals surface area contributed by atoms with Gasteiger partial charge in [-0.05, 0) is 6.08 Å². The third kappa shape index (κ3) is 1.35. The number of hydrogen-bond acceptors (Lipinski definition) is 5. The van der Waals surface area contributed by atoms with E-state index >= 15 is 0 Å². The number of azo groups is 1. The highest BCUT2D eigenvalue weighted by Crippen LogP contribution is 2.21. The first-order valence-corrected chi connectivity index (χ1v) is 3.80. The Hall–Kier alpha value is -1.56. The summed E-state index contributed by atoms with van der Waals surface area (Å²) < 4.78 is 0. The van der Waals surface area contributed by atoms with Crippen LogP contribution in [0.15, 0.2) is 31.4 Å². The standard InChI is InChI=1S/C6H4ClN5O/c7-3-1-2-4(12-11-3)9-6(8)10-5(2)13/h1-2H,(H2,8,10,13). The molecule has 0 radical (unpaired) electrons. The molecule has 2 aliphatic rings. The van der Waals surface area contributed by atoms with Gasteiger partial charge in [0.05, 0.1) is 0 Å². The van der Waals surface area contributed by atoms with Crippen molar-refractivity contribution in [2.24, 2.45) is 31.9 Å². The SMILES string of the molecule is NC1=NC(=O)C2C=C(Cl)N=NC2=N1. The first-order valence-electron chi connectivity index (χ1n) is 3.42. The highest BCUT2D eigenvalue weighted by molar-refractivity contribution is 6.30. The minimum absolute atomic E-state index is 0.0957. The largest absolute Gasteiger partial charge is 0.368 e. The van der Waals surface area contributed by atoms with Crippen LogP contribution < -0.4 is 5.73 Å². The molecule has 0 aromatic rings. The molecule has 0 aromatic carbocycles. The Kier molecular flexibility index (Phi) is 1.70. The van der Waals surface area contributed by atoms with E-state index in [0.717, 1.165) is 0 Å². The second-order valence-corrected chi connectivity index (χ2v) is 2.83. The summed E-state index contributed by atoms with van der Waals surface area (Å²) in [5, 5.41) is 7.33. The van der Waals surface area contributed by atoms with Crippen molar-refractivity contribution in [1.29, 1.82) is 0 Å². The zero-order chi connectivity index (χ0) is 9.42. The molecule has 0 saturated carbocycles. The molecule has 0 saturated heterocycles. The molecule has 0 fully saturated rings. The first kappa shape index (κ1) is 8.06. The summed E-state index contributed by atoms with van der Waals surface area (Å²) in [7, 11) is 0. The Morgan fingerprint density at radius 1 is 1.38 bits per heavy atom. The van der Waals surface area contributed by atoms with E-state index in [-0.39, 0.29) is 17.0 Å². The van der Waals surface area contributed by atoms with E-state index < -0.39 is 11.8 Å². The molecule has 2 rings (SSSR count). The smallest absolute Gasteiger partial charge is 0.263 e. The number of carbonyl (C=O) groups excluding carboxylic acids is 1. The predicted octanol–water partition coefficient (Wildman–Crippen LogP) is 0.402. The molecule has 6 nitrogen and oxygen atoms in total. The monoisotopic (exact) mass is 197 g/mol. The molecule has 0 aliphatic carbocycles. The molecule has 1 unspecified atom stereocenters. The van der Waals surface area contributed by atoms with E-state index in [1.165, 1.54) is 6.08 Å². The highest BCUT2D eigenvalue weighted by Gasteiger charge is 2.29. The first-order chi connectivity index (χ1) is 6.16. The molecule has 7 heteroatoms. The van der Waals surface area contributed by atoms with Crippen molar-refractivity contribution in [3.63, 3.8) is 0 Å². The van der Waals surface area contributed by atoms with Gasteiger partial charge >= 0.3 is 0 Å². The van der Waals surface area contributed by atoms with Crippen molar-refractivity contribution in [3.8, 4) is 0 Å². The maximum absolute atomic E-state index is 11.2. The average molecular weight is 198 g/mol. The van der Waals surface area contributed by atoms with E-state index in [1.807, 2.05) is 0 Å². The third-order valence-electron chi connectivity index (χ3n) is 1.55. The van der Waals surface area contributed by atoms with Crippen LogP contribution in [0.4, 0.5) is 0 Å². The average Bonchev–Trinajstić information content (AvgIpc) is 2.06. The molecular weight excluding hydrogens is 194 g/mol. The normalized spacial score (nSPS) is 26.1. The fourth-order valence-corrected chi connectivity index (χ4v) is 1.17. The van der Waals surface area contributed by atoms with Crippen molar-refractivity contribution in [3.05, 3.63) is 11.2 Å². The molecule has 1 atom stereocenters. The molecule has 2 aliphatic heterocycles. The highest BCUT2D eigenvalue weighted by atomic mass is 35.5. The van der Waals surface area contributed by atoms with Crippen molar-refractivity contribution in [2.75, 3.05) is 0 Å². The van der Waals surface area contributed by atoms with Gasteiger partial charge in [-0.3, -0.25) is 4.79 Å². The Bertz CT molecular complexity index is 394. The lowest BCUT2D eigenvalue weighted by Gasteiger charge is -2.14. The van der Waals surface area contributed by atoms with E-state index in [9.17, 15) is 4.79 Å². The van der Waals surface area contributed by atoms with Crippen molar-refractivity contribution >= 4 is 29.3 Å². The predicted molar refractivity (Wildman–Crippen MR) is 46.3 cm³/mol. The molecule has 2 heterocycles. The third-order valence-corrected chi connectivity index (χ3v) is 1.75. The summed E-state index contributed by atoms with van der Waals surface area (Å²) in [5.74, 6) is -0.903. The molecule has 1 amide bonds. The summed E-state index contributed by atoms with van der Waals surface area (Å²) in [6, 6.07) is 0. The Morgan fingerprint density at radius 3 is 2.92 bits per heavy atom. The fraction of sp³-hybridized carbons (Fsp3) is 0.167. The molecule has 0 bridgehead atoms. The van der Waals surface area contributed by atoms with Crippen molar-refractivity contribution in [1.82, 2.24) is 0 Å². The maximum Gasteiger partial charge on any atom is 0.263 e. The van der Waals surface area contributed by atoms with Crippen molar-refractivity contribution < 1.29 is 4.79 Å². The number of amidine groups is 1. The Balaban J connectivity index is 2.44. The molecule has 0 spiro atoms. The number of carbonyl (C=O) groups is 1. The van der Waals surface area contributed by atoms with Crippen LogP contribution in [0.1, 0.15) is 0 Å². The van der Waals surface area contributed by atoms with Gasteiger partial charge in [-0.15, -0.1) is 10.2 Å². The number of nitrogens with two attached hydrogens (primary N) is 1. The summed E-state index contributed by atoms with van der Waals surface area (Å²) in [4.78, 5) is 18.4. The second-order valence-electron chi connectivity index (χ2n) is 2.45. The molecule has 13 heavy (non-hydrogen) atoms. The number of aliphatic imine (C=N–C) groups is 2. The van der Waals surface area contributed by atoms with Gasteiger partial charge in [0.2, 0.25) is 5.96 Å². The van der Waals surface area contributed by atoms with Crippen LogP contribution in [-0.4, -0.2) is 17.7 Å². The number of fused-ring (bicyclic) bond motifs is 1. The van der Waals surface area contributed by atoms with E-state index in [4.69, 9.17) is 17.3 Å². The lowest BCUT2D eigenvalue weighted by molar-refractivity contribution is -0.118. The van der Waals surface area contributed by atoms with E-state index in [0.29, 0.717) is 0 Å². The van der Waals surface area contributed by atoms with Gasteiger partial charge in [0, 0.05) is 0 Å².